The van der Waals surface area contributed by atoms with Crippen molar-refractivity contribution < 1.29 is 23.8 Å². The molecule has 23 heavy (non-hydrogen) atoms. The van der Waals surface area contributed by atoms with E-state index in [4.69, 9.17) is 25.8 Å². The maximum Gasteiger partial charge on any atom is 0.414 e. The molecule has 1 amide bonds. The molecule has 0 aliphatic heterocycles. The van der Waals surface area contributed by atoms with E-state index in [1.807, 2.05) is 0 Å². The van der Waals surface area contributed by atoms with Crippen molar-refractivity contribution in [1.82, 2.24) is 0 Å². The quantitative estimate of drug-likeness (QED) is 0.763. The van der Waals surface area contributed by atoms with Crippen LogP contribution < -0.4 is 9.64 Å². The van der Waals surface area contributed by atoms with Crippen molar-refractivity contribution in [3.8, 4) is 5.75 Å². The zero-order valence-electron chi connectivity index (χ0n) is 14.0. The van der Waals surface area contributed by atoms with E-state index in [1.165, 1.54) is 4.90 Å². The van der Waals surface area contributed by atoms with E-state index < -0.39 is 17.7 Å². The van der Waals surface area contributed by atoms with E-state index >= 15 is 0 Å². The number of halogens is 1. The van der Waals surface area contributed by atoms with E-state index in [0.717, 1.165) is 0 Å². The Balaban J connectivity index is 2.75. The predicted octanol–water partition coefficient (Wildman–Crippen LogP) is 3.65. The number of hydrogen-bond acceptors (Lipinski definition) is 5. The van der Waals surface area contributed by atoms with Gasteiger partial charge in [-0.25, -0.2) is 9.59 Å². The summed E-state index contributed by atoms with van der Waals surface area (Å²) < 4.78 is 15.3. The molecule has 0 aliphatic carbocycles. The van der Waals surface area contributed by atoms with Crippen molar-refractivity contribution in [1.29, 1.82) is 0 Å². The van der Waals surface area contributed by atoms with Gasteiger partial charge >= 0.3 is 12.1 Å². The van der Waals surface area contributed by atoms with Crippen LogP contribution in [-0.2, 0) is 14.3 Å². The smallest absolute Gasteiger partial charge is 0.414 e. The fourth-order valence-corrected chi connectivity index (χ4v) is 1.82. The van der Waals surface area contributed by atoms with E-state index in [9.17, 15) is 9.59 Å². The van der Waals surface area contributed by atoms with E-state index in [0.29, 0.717) is 11.4 Å². The molecule has 0 saturated heterocycles. The van der Waals surface area contributed by atoms with Crippen molar-refractivity contribution in [2.75, 3.05) is 25.2 Å². The predicted molar refractivity (Wildman–Crippen MR) is 88.2 cm³/mol. The summed E-state index contributed by atoms with van der Waals surface area (Å²) in [5.41, 5.74) is -0.0367. The Hall–Kier alpha value is -1.95. The second-order valence-corrected chi connectivity index (χ2v) is 6.15. The highest BCUT2D eigenvalue weighted by Crippen LogP contribution is 2.29. The molecular formula is C16H22ClNO5. The van der Waals surface area contributed by atoms with E-state index in [2.05, 4.69) is 0 Å². The Morgan fingerprint density at radius 2 is 1.91 bits per heavy atom. The molecule has 0 N–H and O–H groups in total. The van der Waals surface area contributed by atoms with Gasteiger partial charge in [0.25, 0.3) is 0 Å². The molecule has 6 nitrogen and oxygen atoms in total. The lowest BCUT2D eigenvalue weighted by Crippen LogP contribution is -2.34. The first kappa shape index (κ1) is 19.1. The minimum Gasteiger partial charge on any atom is -0.480 e. The SMILES string of the molecule is CCOC(=O)COc1ccc(N(C)C(=O)OC(C)(C)C)cc1Cl. The second kappa shape index (κ2) is 8.06. The molecule has 0 aliphatic rings. The van der Waals surface area contributed by atoms with Crippen LogP contribution in [0.4, 0.5) is 10.5 Å². The molecule has 0 spiro atoms. The Labute approximate surface area is 141 Å². The molecule has 0 saturated carbocycles. The minimum atomic E-state index is -0.585. The van der Waals surface area contributed by atoms with Gasteiger partial charge in [-0.2, -0.15) is 0 Å². The molecule has 1 rings (SSSR count). The van der Waals surface area contributed by atoms with Gasteiger partial charge in [-0.05, 0) is 45.9 Å². The summed E-state index contributed by atoms with van der Waals surface area (Å²) in [7, 11) is 1.58. The zero-order valence-corrected chi connectivity index (χ0v) is 14.8. The van der Waals surface area contributed by atoms with E-state index in [-0.39, 0.29) is 18.2 Å². The first-order chi connectivity index (χ1) is 10.6. The maximum absolute atomic E-state index is 12.0. The van der Waals surface area contributed by atoms with Crippen LogP contribution in [0.1, 0.15) is 27.7 Å². The lowest BCUT2D eigenvalue weighted by Gasteiger charge is -2.25. The number of benzene rings is 1. The summed E-state index contributed by atoms with van der Waals surface area (Å²) in [5, 5.41) is 0.280. The molecule has 7 heteroatoms. The molecule has 1 aromatic carbocycles. The fourth-order valence-electron chi connectivity index (χ4n) is 1.59. The highest BCUT2D eigenvalue weighted by molar-refractivity contribution is 6.32. The summed E-state index contributed by atoms with van der Waals surface area (Å²) in [4.78, 5) is 24.6. The number of hydrogen-bond donors (Lipinski definition) is 0. The third-order valence-electron chi connectivity index (χ3n) is 2.62. The highest BCUT2D eigenvalue weighted by atomic mass is 35.5. The van der Waals surface area contributed by atoms with Gasteiger partial charge in [-0.15, -0.1) is 0 Å². The third-order valence-corrected chi connectivity index (χ3v) is 2.92. The highest BCUT2D eigenvalue weighted by Gasteiger charge is 2.21. The van der Waals surface area contributed by atoms with Crippen molar-refractivity contribution in [2.24, 2.45) is 0 Å². The van der Waals surface area contributed by atoms with Crippen LogP contribution in [0.25, 0.3) is 0 Å². The summed E-state index contributed by atoms with van der Waals surface area (Å²) in [5.74, 6) is -0.139. The van der Waals surface area contributed by atoms with Gasteiger partial charge in [0.1, 0.15) is 11.4 Å². The van der Waals surface area contributed by atoms with Crippen LogP contribution in [0.2, 0.25) is 5.02 Å². The number of rotatable bonds is 5. The number of carbonyl (C=O) groups excluding carboxylic acids is 2. The molecule has 0 bridgehead atoms. The third kappa shape index (κ3) is 6.36. The molecule has 0 aromatic heterocycles. The van der Waals surface area contributed by atoms with Crippen LogP contribution in [0.3, 0.4) is 0 Å². The van der Waals surface area contributed by atoms with Crippen LogP contribution in [0.15, 0.2) is 18.2 Å². The van der Waals surface area contributed by atoms with Gasteiger partial charge in [-0.3, -0.25) is 4.90 Å². The Morgan fingerprint density at radius 1 is 1.26 bits per heavy atom. The molecule has 0 heterocycles. The van der Waals surface area contributed by atoms with Gasteiger partial charge in [0, 0.05) is 12.7 Å². The zero-order chi connectivity index (χ0) is 17.6. The van der Waals surface area contributed by atoms with Gasteiger partial charge in [0.05, 0.1) is 11.6 Å². The maximum atomic E-state index is 12.0. The van der Waals surface area contributed by atoms with Gasteiger partial charge in [0.15, 0.2) is 6.61 Å². The molecular weight excluding hydrogens is 322 g/mol. The monoisotopic (exact) mass is 343 g/mol. The van der Waals surface area contributed by atoms with E-state index in [1.54, 1.807) is 52.9 Å². The van der Waals surface area contributed by atoms with Crippen molar-refractivity contribution >= 4 is 29.4 Å². The van der Waals surface area contributed by atoms with Gasteiger partial charge < -0.3 is 14.2 Å². The molecule has 128 valence electrons. The summed E-state index contributed by atoms with van der Waals surface area (Å²) in [6.07, 6.45) is -0.492. The number of amides is 1. The lowest BCUT2D eigenvalue weighted by molar-refractivity contribution is -0.145. The van der Waals surface area contributed by atoms with Crippen molar-refractivity contribution in [3.63, 3.8) is 0 Å². The van der Waals surface area contributed by atoms with Gasteiger partial charge in [-0.1, -0.05) is 11.6 Å². The van der Waals surface area contributed by atoms with Crippen LogP contribution in [0.5, 0.6) is 5.75 Å². The summed E-state index contributed by atoms with van der Waals surface area (Å²) in [6.45, 7) is 7.14. The fraction of sp³-hybridized carbons (Fsp3) is 0.500. The first-order valence-electron chi connectivity index (χ1n) is 7.18. The number of anilines is 1. The molecule has 0 atom stereocenters. The van der Waals surface area contributed by atoms with Crippen LogP contribution in [0, 0.1) is 0 Å². The average molecular weight is 344 g/mol. The summed E-state index contributed by atoms with van der Waals surface area (Å²) in [6, 6.07) is 4.79. The average Bonchev–Trinajstić information content (AvgIpc) is 2.43. The minimum absolute atomic E-state index is 0.227. The summed E-state index contributed by atoms with van der Waals surface area (Å²) >= 11 is 6.12. The number of esters is 1. The van der Waals surface area contributed by atoms with Gasteiger partial charge in [0.2, 0.25) is 0 Å². The lowest BCUT2D eigenvalue weighted by atomic mass is 10.2. The largest absolute Gasteiger partial charge is 0.480 e. The standard InChI is InChI=1S/C16H22ClNO5/c1-6-21-14(19)10-22-13-8-7-11(9-12(13)17)18(5)15(20)23-16(2,3)4/h7-9H,6,10H2,1-5H3. The Kier molecular flexibility index (Phi) is 6.69. The van der Waals surface area contributed by atoms with Crippen LogP contribution >= 0.6 is 11.6 Å². The number of nitrogens with zero attached hydrogens (tertiary/aromatic N) is 1. The van der Waals surface area contributed by atoms with Crippen molar-refractivity contribution in [3.05, 3.63) is 23.2 Å². The molecule has 0 fully saturated rings. The second-order valence-electron chi connectivity index (χ2n) is 5.75. The van der Waals surface area contributed by atoms with Crippen molar-refractivity contribution in [2.45, 2.75) is 33.3 Å². The Morgan fingerprint density at radius 3 is 2.43 bits per heavy atom. The first-order valence-corrected chi connectivity index (χ1v) is 7.56. The van der Waals surface area contributed by atoms with Crippen LogP contribution in [-0.4, -0.2) is 37.9 Å². The topological polar surface area (TPSA) is 65.1 Å². The number of ether oxygens (including phenoxy) is 3. The normalized spacial score (nSPS) is 10.9. The number of carbonyl (C=O) groups is 2. The molecule has 0 radical (unpaired) electrons. The molecule has 0 unspecified atom stereocenters. The Bertz CT molecular complexity index is 568. The molecule has 1 aromatic rings.